The minimum absolute atomic E-state index is 0. The third kappa shape index (κ3) is 2.56. The molecule has 0 aliphatic carbocycles. The molecular weight excluding hydrogens is 172 g/mol. The van der Waals surface area contributed by atoms with Crippen molar-refractivity contribution in [2.45, 2.75) is 25.4 Å². The smallest absolute Gasteiger partial charge is 0.0233 e. The molecule has 14 heavy (non-hydrogen) atoms. The minimum atomic E-state index is 0. The molecule has 1 heterocycles. The summed E-state index contributed by atoms with van der Waals surface area (Å²) < 4.78 is 0. The van der Waals surface area contributed by atoms with Crippen molar-refractivity contribution in [2.24, 2.45) is 5.73 Å². The molecule has 0 bridgehead atoms. The Bertz CT molecular complexity index is 268. The van der Waals surface area contributed by atoms with Crippen LogP contribution in [0.2, 0.25) is 0 Å². The molecule has 0 atom stereocenters. The maximum atomic E-state index is 5.86. The van der Waals surface area contributed by atoms with Crippen molar-refractivity contribution in [3.8, 4) is 0 Å². The van der Waals surface area contributed by atoms with Gasteiger partial charge in [0, 0.05) is 14.0 Å². The summed E-state index contributed by atoms with van der Waals surface area (Å²) in [5.41, 5.74) is 7.27. The highest BCUT2D eigenvalue weighted by atomic mass is 15.1. The molecule has 1 aromatic rings. The van der Waals surface area contributed by atoms with Crippen LogP contribution in [-0.4, -0.2) is 24.0 Å². The van der Waals surface area contributed by atoms with E-state index in [1.807, 2.05) is 0 Å². The summed E-state index contributed by atoms with van der Waals surface area (Å²) in [6, 6.07) is 11.1. The van der Waals surface area contributed by atoms with Crippen LogP contribution >= 0.6 is 0 Å². The van der Waals surface area contributed by atoms with E-state index < -0.39 is 0 Å². The summed E-state index contributed by atoms with van der Waals surface area (Å²) in [4.78, 5) is 2.48. The fourth-order valence-electron chi connectivity index (χ4n) is 1.95. The molecule has 0 unspecified atom stereocenters. The largest absolute Gasteiger partial charge is 0.328 e. The van der Waals surface area contributed by atoms with Crippen molar-refractivity contribution in [1.29, 1.82) is 0 Å². The van der Waals surface area contributed by atoms with Gasteiger partial charge in [0.1, 0.15) is 0 Å². The van der Waals surface area contributed by atoms with Gasteiger partial charge in [0.25, 0.3) is 0 Å². The molecule has 0 aromatic heterocycles. The predicted molar refractivity (Wildman–Crippen MR) is 61.0 cm³/mol. The van der Waals surface area contributed by atoms with Crippen molar-refractivity contribution in [1.82, 2.24) is 4.90 Å². The summed E-state index contributed by atoms with van der Waals surface area (Å²) in [5.74, 6) is 0. The number of nitrogens with two attached hydrogens (primary N) is 1. The average molecular weight is 192 g/mol. The first-order valence-electron chi connectivity index (χ1n) is 5.36. The molecular formula is C12H20N2. The zero-order valence-electron chi connectivity index (χ0n) is 8.52. The van der Waals surface area contributed by atoms with Gasteiger partial charge in [-0.2, -0.15) is 0 Å². The summed E-state index contributed by atoms with van der Waals surface area (Å²) in [6.07, 6.45) is 2.29. The lowest BCUT2D eigenvalue weighted by Gasteiger charge is -2.29. The molecule has 1 fully saturated rings. The van der Waals surface area contributed by atoms with Gasteiger partial charge in [-0.1, -0.05) is 30.3 Å². The van der Waals surface area contributed by atoms with Crippen LogP contribution in [0.1, 0.15) is 19.8 Å². The average Bonchev–Trinajstić information content (AvgIpc) is 2.23. The molecule has 1 saturated heterocycles. The Morgan fingerprint density at radius 1 is 1.21 bits per heavy atom. The zero-order chi connectivity index (χ0) is 9.80. The second kappa shape index (κ2) is 4.58. The van der Waals surface area contributed by atoms with Crippen molar-refractivity contribution in [2.75, 3.05) is 13.1 Å². The third-order valence-electron chi connectivity index (χ3n) is 2.88. The first-order valence-corrected chi connectivity index (χ1v) is 5.36. The van der Waals surface area contributed by atoms with E-state index in [4.69, 9.17) is 5.73 Å². The van der Waals surface area contributed by atoms with Gasteiger partial charge in [-0.25, -0.2) is 0 Å². The van der Waals surface area contributed by atoms with Gasteiger partial charge in [-0.3, -0.25) is 4.90 Å². The Morgan fingerprint density at radius 3 is 2.50 bits per heavy atom. The highest BCUT2D eigenvalue weighted by molar-refractivity contribution is 5.14. The van der Waals surface area contributed by atoms with Gasteiger partial charge in [0.05, 0.1) is 0 Å². The first-order chi connectivity index (χ1) is 6.84. The zero-order valence-corrected chi connectivity index (χ0v) is 8.52. The summed E-state index contributed by atoms with van der Waals surface area (Å²) in [7, 11) is 0. The highest BCUT2D eigenvalue weighted by Gasteiger charge is 2.15. The normalized spacial score (nSPS) is 19.8. The maximum Gasteiger partial charge on any atom is 0.0233 e. The van der Waals surface area contributed by atoms with E-state index in [0.717, 1.165) is 32.5 Å². The summed E-state index contributed by atoms with van der Waals surface area (Å²) >= 11 is 0. The Morgan fingerprint density at radius 2 is 1.86 bits per heavy atom. The fraction of sp³-hybridized carbons (Fsp3) is 0.500. The molecule has 0 spiro atoms. The monoisotopic (exact) mass is 192 g/mol. The Hall–Kier alpha value is -0.860. The van der Waals surface area contributed by atoms with Gasteiger partial charge >= 0.3 is 0 Å². The van der Waals surface area contributed by atoms with Crippen LogP contribution in [0.3, 0.4) is 0 Å². The lowest BCUT2D eigenvalue weighted by molar-refractivity contribution is 0.205. The lowest BCUT2D eigenvalue weighted by atomic mass is 10.1. The van der Waals surface area contributed by atoms with Crippen LogP contribution in [0, 0.1) is 0 Å². The number of benzene rings is 1. The van der Waals surface area contributed by atoms with E-state index >= 15 is 0 Å². The van der Waals surface area contributed by atoms with Gasteiger partial charge in [0.2, 0.25) is 0 Å². The van der Waals surface area contributed by atoms with Crippen LogP contribution in [0.4, 0.5) is 0 Å². The SMILES string of the molecule is NC1CCN(Cc2ccccc2)CC1.[HH]. The van der Waals surface area contributed by atoms with Crippen LogP contribution in [0.25, 0.3) is 0 Å². The molecule has 2 rings (SSSR count). The molecule has 1 aromatic carbocycles. The summed E-state index contributed by atoms with van der Waals surface area (Å²) in [6.45, 7) is 3.37. The highest BCUT2D eigenvalue weighted by Crippen LogP contribution is 2.11. The number of likely N-dealkylation sites (tertiary alicyclic amines) is 1. The Labute approximate surface area is 87.2 Å². The Kier molecular flexibility index (Phi) is 3.17. The molecule has 2 nitrogen and oxygen atoms in total. The molecule has 1 aliphatic rings. The molecule has 2 heteroatoms. The minimum Gasteiger partial charge on any atom is -0.328 e. The van der Waals surface area contributed by atoms with Crippen molar-refractivity contribution in [3.05, 3.63) is 35.9 Å². The molecule has 2 N–H and O–H groups in total. The predicted octanol–water partition coefficient (Wildman–Crippen LogP) is 1.86. The number of rotatable bonds is 2. The van der Waals surface area contributed by atoms with Crippen LogP contribution in [-0.2, 0) is 6.54 Å². The number of nitrogens with zero attached hydrogens (tertiary/aromatic N) is 1. The molecule has 1 aliphatic heterocycles. The number of hydrogen-bond donors (Lipinski definition) is 1. The van der Waals surface area contributed by atoms with E-state index in [-0.39, 0.29) is 1.43 Å². The fourth-order valence-corrected chi connectivity index (χ4v) is 1.95. The van der Waals surface area contributed by atoms with Gasteiger partial charge < -0.3 is 5.73 Å². The number of hydrogen-bond acceptors (Lipinski definition) is 2. The topological polar surface area (TPSA) is 29.3 Å². The van der Waals surface area contributed by atoms with E-state index in [2.05, 4.69) is 35.2 Å². The lowest BCUT2D eigenvalue weighted by Crippen LogP contribution is -2.39. The quantitative estimate of drug-likeness (QED) is 0.775. The molecule has 0 radical (unpaired) electrons. The Balaban J connectivity index is 0.00000112. The van der Waals surface area contributed by atoms with Crippen molar-refractivity contribution >= 4 is 0 Å². The number of piperidine rings is 1. The van der Waals surface area contributed by atoms with E-state index in [1.54, 1.807) is 0 Å². The van der Waals surface area contributed by atoms with Crippen LogP contribution in [0.5, 0.6) is 0 Å². The molecule has 0 saturated carbocycles. The summed E-state index contributed by atoms with van der Waals surface area (Å²) in [5, 5.41) is 0. The van der Waals surface area contributed by atoms with E-state index in [9.17, 15) is 0 Å². The second-order valence-electron chi connectivity index (χ2n) is 4.10. The van der Waals surface area contributed by atoms with Crippen molar-refractivity contribution in [3.63, 3.8) is 0 Å². The van der Waals surface area contributed by atoms with Crippen molar-refractivity contribution < 1.29 is 1.43 Å². The van der Waals surface area contributed by atoms with Crippen LogP contribution < -0.4 is 5.73 Å². The van der Waals surface area contributed by atoms with E-state index in [0.29, 0.717) is 6.04 Å². The standard InChI is InChI=1S/C12H18N2.H2/c13-12-6-8-14(9-7-12)10-11-4-2-1-3-5-11;/h1-5,12H,6-10,13H2;1H. The third-order valence-corrected chi connectivity index (χ3v) is 2.88. The van der Waals surface area contributed by atoms with E-state index in [1.165, 1.54) is 5.56 Å². The molecule has 78 valence electrons. The van der Waals surface area contributed by atoms with Gasteiger partial charge in [0.15, 0.2) is 0 Å². The van der Waals surface area contributed by atoms with Crippen LogP contribution in [0.15, 0.2) is 30.3 Å². The van der Waals surface area contributed by atoms with Gasteiger partial charge in [-0.15, -0.1) is 0 Å². The second-order valence-corrected chi connectivity index (χ2v) is 4.10. The molecule has 0 amide bonds. The van der Waals surface area contributed by atoms with Gasteiger partial charge in [-0.05, 0) is 31.5 Å². The first kappa shape index (κ1) is 9.69. The maximum absolute atomic E-state index is 5.86.